The summed E-state index contributed by atoms with van der Waals surface area (Å²) in [5, 5.41) is 3.05. The topological polar surface area (TPSA) is 12.0 Å². The quantitative estimate of drug-likeness (QED) is 0.520. The van der Waals surface area contributed by atoms with Crippen molar-refractivity contribution in [3.8, 4) is 0 Å². The van der Waals surface area contributed by atoms with E-state index in [1.807, 2.05) is 12.2 Å². The maximum absolute atomic E-state index is 3.54. The van der Waals surface area contributed by atoms with E-state index in [0.717, 1.165) is 13.1 Å². The zero-order valence-corrected chi connectivity index (χ0v) is 9.12. The second kappa shape index (κ2) is 22.4. The molecular formula is C10H22ClN. The van der Waals surface area contributed by atoms with Gasteiger partial charge in [0.05, 0.1) is 0 Å². The summed E-state index contributed by atoms with van der Waals surface area (Å²) in [6.45, 7) is 13.2. The van der Waals surface area contributed by atoms with Gasteiger partial charge in [-0.1, -0.05) is 38.8 Å². The van der Waals surface area contributed by atoms with E-state index in [1.165, 1.54) is 12.8 Å². The summed E-state index contributed by atoms with van der Waals surface area (Å²) in [5.74, 6) is 0. The Hall–Kier alpha value is -0.270. The van der Waals surface area contributed by atoms with Crippen LogP contribution in [0.5, 0.6) is 0 Å². The summed E-state index contributed by atoms with van der Waals surface area (Å²) in [6.07, 6.45) is 6.28. The van der Waals surface area contributed by atoms with Crippen molar-refractivity contribution >= 4 is 12.4 Å². The minimum absolute atomic E-state index is 0. The maximum atomic E-state index is 3.54. The van der Waals surface area contributed by atoms with E-state index < -0.39 is 0 Å². The number of hydrogen-bond donors (Lipinski definition) is 1. The summed E-state index contributed by atoms with van der Waals surface area (Å²) in [5.41, 5.74) is 0. The molecule has 0 aliphatic heterocycles. The molecule has 0 fully saturated rings. The number of nitrogens with one attached hydrogen (secondary N) is 1. The Bertz CT molecular complexity index is 71.9. The molecule has 0 rings (SSSR count). The Morgan fingerprint density at radius 2 is 1.33 bits per heavy atom. The molecule has 0 aromatic heterocycles. The first-order valence-electron chi connectivity index (χ1n) is 4.25. The second-order valence-corrected chi connectivity index (χ2v) is 2.24. The van der Waals surface area contributed by atoms with Gasteiger partial charge in [-0.15, -0.1) is 25.6 Å². The van der Waals surface area contributed by atoms with Gasteiger partial charge in [-0.25, -0.2) is 0 Å². The van der Waals surface area contributed by atoms with E-state index in [-0.39, 0.29) is 12.4 Å². The third-order valence-electron chi connectivity index (χ3n) is 1.08. The lowest BCUT2D eigenvalue weighted by Gasteiger charge is -1.90. The fourth-order valence-electron chi connectivity index (χ4n) is 0.287. The third-order valence-corrected chi connectivity index (χ3v) is 1.08. The van der Waals surface area contributed by atoms with E-state index in [0.29, 0.717) is 0 Å². The van der Waals surface area contributed by atoms with Crippen molar-refractivity contribution in [2.24, 2.45) is 0 Å². The summed E-state index contributed by atoms with van der Waals surface area (Å²) in [6, 6.07) is 0. The molecule has 0 atom stereocenters. The normalized spacial score (nSPS) is 7.17. The largest absolute Gasteiger partial charge is 0.310 e. The zero-order chi connectivity index (χ0) is 8.95. The molecule has 2 heteroatoms. The molecule has 0 radical (unpaired) electrons. The van der Waals surface area contributed by atoms with Crippen LogP contribution in [-0.2, 0) is 0 Å². The highest BCUT2D eigenvalue weighted by atomic mass is 35.5. The molecule has 12 heavy (non-hydrogen) atoms. The van der Waals surface area contributed by atoms with Gasteiger partial charge in [0.25, 0.3) is 0 Å². The minimum Gasteiger partial charge on any atom is -0.310 e. The average Bonchev–Trinajstić information content (AvgIpc) is 2.06. The monoisotopic (exact) mass is 191 g/mol. The van der Waals surface area contributed by atoms with Crippen molar-refractivity contribution in [2.75, 3.05) is 13.1 Å². The first kappa shape index (κ1) is 17.7. The van der Waals surface area contributed by atoms with E-state index >= 15 is 0 Å². The number of rotatable bonds is 5. The highest BCUT2D eigenvalue weighted by Gasteiger charge is 1.69. The van der Waals surface area contributed by atoms with Crippen LogP contribution >= 0.6 is 12.4 Å². The Morgan fingerprint density at radius 3 is 1.50 bits per heavy atom. The lowest BCUT2D eigenvalue weighted by Crippen LogP contribution is -2.11. The molecule has 0 amide bonds. The highest BCUT2D eigenvalue weighted by Crippen LogP contribution is 1.76. The van der Waals surface area contributed by atoms with Crippen LogP contribution in [0.3, 0.4) is 0 Å². The van der Waals surface area contributed by atoms with Gasteiger partial charge in [-0.3, -0.25) is 0 Å². The molecule has 0 unspecified atom stereocenters. The van der Waals surface area contributed by atoms with Gasteiger partial charge in [-0.05, 0) is 0 Å². The Morgan fingerprint density at radius 1 is 1.00 bits per heavy atom. The van der Waals surface area contributed by atoms with Crippen molar-refractivity contribution < 1.29 is 0 Å². The predicted octanol–water partition coefficient (Wildman–Crippen LogP) is 3.18. The first-order chi connectivity index (χ1) is 5.33. The van der Waals surface area contributed by atoms with Crippen LogP contribution < -0.4 is 5.32 Å². The molecule has 0 saturated carbocycles. The van der Waals surface area contributed by atoms with Crippen molar-refractivity contribution in [1.29, 1.82) is 0 Å². The van der Waals surface area contributed by atoms with Crippen LogP contribution in [0.15, 0.2) is 25.3 Å². The molecule has 0 aromatic rings. The summed E-state index contributed by atoms with van der Waals surface area (Å²) in [7, 11) is 0. The van der Waals surface area contributed by atoms with Crippen LogP contribution in [0.2, 0.25) is 0 Å². The van der Waals surface area contributed by atoms with Gasteiger partial charge in [-0.2, -0.15) is 0 Å². The smallest absolute Gasteiger partial charge is 0.0135 e. The molecular weight excluding hydrogens is 170 g/mol. The number of halogens is 1. The van der Waals surface area contributed by atoms with Crippen LogP contribution in [0, 0.1) is 0 Å². The first-order valence-corrected chi connectivity index (χ1v) is 4.25. The minimum atomic E-state index is 0. The van der Waals surface area contributed by atoms with E-state index in [1.54, 1.807) is 0 Å². The summed E-state index contributed by atoms with van der Waals surface area (Å²) in [4.78, 5) is 0. The Labute approximate surface area is 83.4 Å². The molecule has 0 bridgehead atoms. The lowest BCUT2D eigenvalue weighted by molar-refractivity contribution is 0.845. The molecule has 0 aromatic carbocycles. The van der Waals surface area contributed by atoms with Crippen LogP contribution in [-0.4, -0.2) is 13.1 Å². The molecule has 74 valence electrons. The second-order valence-electron chi connectivity index (χ2n) is 2.24. The Balaban J connectivity index is -0.000000142. The van der Waals surface area contributed by atoms with Crippen molar-refractivity contribution in [3.05, 3.63) is 25.3 Å². The Kier molecular flexibility index (Phi) is 33.1. The fourth-order valence-corrected chi connectivity index (χ4v) is 0.287. The molecule has 1 N–H and O–H groups in total. The predicted molar refractivity (Wildman–Crippen MR) is 61.1 cm³/mol. The van der Waals surface area contributed by atoms with Crippen molar-refractivity contribution in [2.45, 2.75) is 26.7 Å². The van der Waals surface area contributed by atoms with Gasteiger partial charge in [0, 0.05) is 13.1 Å². The zero-order valence-electron chi connectivity index (χ0n) is 8.31. The van der Waals surface area contributed by atoms with E-state index in [9.17, 15) is 0 Å². The van der Waals surface area contributed by atoms with Crippen LogP contribution in [0.25, 0.3) is 0 Å². The molecule has 0 spiro atoms. The number of hydrogen-bond acceptors (Lipinski definition) is 1. The van der Waals surface area contributed by atoms with E-state index in [2.05, 4.69) is 32.3 Å². The van der Waals surface area contributed by atoms with Gasteiger partial charge in [0.15, 0.2) is 0 Å². The van der Waals surface area contributed by atoms with Crippen molar-refractivity contribution in [3.63, 3.8) is 0 Å². The molecule has 1 nitrogen and oxygen atoms in total. The standard InChI is InChI=1S/C6H11N.C4H10.ClH/c1-3-5-7-6-4-2;1-3-4-2;/h3-4,7H,1-2,5-6H2;3-4H2,1-2H3;1H. The van der Waals surface area contributed by atoms with Crippen molar-refractivity contribution in [1.82, 2.24) is 5.32 Å². The van der Waals surface area contributed by atoms with E-state index in [4.69, 9.17) is 0 Å². The average molecular weight is 192 g/mol. The molecule has 0 aliphatic rings. The third kappa shape index (κ3) is 33.1. The highest BCUT2D eigenvalue weighted by molar-refractivity contribution is 5.85. The summed E-state index contributed by atoms with van der Waals surface area (Å²) < 4.78 is 0. The summed E-state index contributed by atoms with van der Waals surface area (Å²) >= 11 is 0. The fraction of sp³-hybridized carbons (Fsp3) is 0.600. The lowest BCUT2D eigenvalue weighted by atomic mass is 10.4. The van der Waals surface area contributed by atoms with Crippen LogP contribution in [0.1, 0.15) is 26.7 Å². The van der Waals surface area contributed by atoms with Gasteiger partial charge in [0.1, 0.15) is 0 Å². The molecule has 0 saturated heterocycles. The number of unbranched alkanes of at least 4 members (excludes halogenated alkanes) is 1. The SMILES string of the molecule is C=CCNCC=C.CCCC.Cl. The van der Waals surface area contributed by atoms with Gasteiger partial charge < -0.3 is 5.32 Å². The molecule has 0 heterocycles. The van der Waals surface area contributed by atoms with Gasteiger partial charge in [0.2, 0.25) is 0 Å². The molecule has 0 aliphatic carbocycles. The van der Waals surface area contributed by atoms with Crippen LogP contribution in [0.4, 0.5) is 0 Å². The van der Waals surface area contributed by atoms with Gasteiger partial charge >= 0.3 is 0 Å². The maximum Gasteiger partial charge on any atom is 0.0135 e.